The van der Waals surface area contributed by atoms with Crippen LogP contribution in [0, 0.1) is 0 Å². The SMILES string of the molecule is CC(C)(CN=C(N)N=C(N)N)NS(C)(=O)=O. The molecule has 0 atom stereocenters. The summed E-state index contributed by atoms with van der Waals surface area (Å²) in [5.74, 6) is -0.293. The predicted octanol–water partition coefficient (Wildman–Crippen LogP) is -2.10. The molecule has 0 aromatic carbocycles. The van der Waals surface area contributed by atoms with Crippen molar-refractivity contribution in [3.63, 3.8) is 0 Å². The second-order valence-corrected chi connectivity index (χ2v) is 5.72. The molecule has 0 aromatic rings. The Morgan fingerprint density at radius 2 is 1.81 bits per heavy atom. The van der Waals surface area contributed by atoms with Crippen molar-refractivity contribution in [2.75, 3.05) is 12.8 Å². The second-order valence-electron chi connectivity index (χ2n) is 3.97. The third-order valence-electron chi connectivity index (χ3n) is 1.34. The van der Waals surface area contributed by atoms with Gasteiger partial charge in [0.25, 0.3) is 0 Å². The minimum atomic E-state index is -3.30. The summed E-state index contributed by atoms with van der Waals surface area (Å²) in [6, 6.07) is 0. The summed E-state index contributed by atoms with van der Waals surface area (Å²) in [5.41, 5.74) is 14.8. The smallest absolute Gasteiger partial charge is 0.218 e. The molecule has 0 amide bonds. The van der Waals surface area contributed by atoms with Gasteiger partial charge in [0.05, 0.1) is 12.8 Å². The van der Waals surface area contributed by atoms with Gasteiger partial charge in [-0.1, -0.05) is 0 Å². The normalized spacial score (nSPS) is 13.6. The van der Waals surface area contributed by atoms with Gasteiger partial charge in [-0.15, -0.1) is 0 Å². The van der Waals surface area contributed by atoms with E-state index in [-0.39, 0.29) is 18.5 Å². The molecule has 0 bridgehead atoms. The fourth-order valence-electron chi connectivity index (χ4n) is 0.980. The number of sulfonamides is 1. The van der Waals surface area contributed by atoms with Gasteiger partial charge in [0, 0.05) is 5.54 Å². The van der Waals surface area contributed by atoms with Crippen molar-refractivity contribution < 1.29 is 8.42 Å². The summed E-state index contributed by atoms with van der Waals surface area (Å²) in [6.07, 6.45) is 1.07. The molecule has 0 aliphatic heterocycles. The van der Waals surface area contributed by atoms with Gasteiger partial charge in [-0.25, -0.2) is 18.1 Å². The van der Waals surface area contributed by atoms with E-state index in [4.69, 9.17) is 17.2 Å². The minimum Gasteiger partial charge on any atom is -0.370 e. The van der Waals surface area contributed by atoms with Crippen LogP contribution in [0.1, 0.15) is 13.8 Å². The quantitative estimate of drug-likeness (QED) is 0.333. The van der Waals surface area contributed by atoms with Crippen LogP contribution in [0.15, 0.2) is 9.98 Å². The Kier molecular flexibility index (Phi) is 4.69. The molecule has 0 unspecified atom stereocenters. The third-order valence-corrected chi connectivity index (χ3v) is 2.27. The maximum atomic E-state index is 11.0. The van der Waals surface area contributed by atoms with Crippen LogP contribution in [0.2, 0.25) is 0 Å². The molecule has 8 nitrogen and oxygen atoms in total. The molecule has 0 aromatic heterocycles. The summed E-state index contributed by atoms with van der Waals surface area (Å²) < 4.78 is 24.4. The van der Waals surface area contributed by atoms with Crippen molar-refractivity contribution in [1.82, 2.24) is 4.72 Å². The topological polar surface area (TPSA) is 149 Å². The van der Waals surface area contributed by atoms with Crippen LogP contribution in [0.5, 0.6) is 0 Å². The number of nitrogens with zero attached hydrogens (tertiary/aromatic N) is 2. The van der Waals surface area contributed by atoms with Crippen molar-refractivity contribution >= 4 is 21.9 Å². The van der Waals surface area contributed by atoms with E-state index in [1.54, 1.807) is 13.8 Å². The van der Waals surface area contributed by atoms with Crippen molar-refractivity contribution in [1.29, 1.82) is 0 Å². The van der Waals surface area contributed by atoms with Crippen molar-refractivity contribution in [2.24, 2.45) is 27.2 Å². The zero-order chi connectivity index (χ0) is 13.0. The van der Waals surface area contributed by atoms with E-state index in [9.17, 15) is 8.42 Å². The summed E-state index contributed by atoms with van der Waals surface area (Å²) in [7, 11) is -3.30. The number of rotatable bonds is 4. The van der Waals surface area contributed by atoms with E-state index in [1.165, 1.54) is 0 Å². The van der Waals surface area contributed by atoms with Crippen molar-refractivity contribution in [3.8, 4) is 0 Å². The summed E-state index contributed by atoms with van der Waals surface area (Å²) >= 11 is 0. The lowest BCUT2D eigenvalue weighted by Crippen LogP contribution is -2.45. The molecule has 0 fully saturated rings. The molecule has 0 aliphatic carbocycles. The number of nitrogens with one attached hydrogen (secondary N) is 1. The van der Waals surface area contributed by atoms with Crippen LogP contribution >= 0.6 is 0 Å². The molecule has 7 N–H and O–H groups in total. The molecule has 0 spiro atoms. The molecule has 0 radical (unpaired) electrons. The molecular formula is C7H18N6O2S. The average Bonchev–Trinajstić information content (AvgIpc) is 1.95. The standard InChI is InChI=1S/C7H18N6O2S/c1-7(2,13-16(3,14)15)4-11-6(10)12-5(8)9/h13H,4H2,1-3H3,(H6,8,9,10,11,12). The van der Waals surface area contributed by atoms with Crippen LogP contribution < -0.4 is 21.9 Å². The third kappa shape index (κ3) is 8.00. The van der Waals surface area contributed by atoms with E-state index < -0.39 is 15.6 Å². The first-order valence-electron chi connectivity index (χ1n) is 4.40. The summed E-state index contributed by atoms with van der Waals surface area (Å²) in [4.78, 5) is 7.34. The predicted molar refractivity (Wildman–Crippen MR) is 64.4 cm³/mol. The summed E-state index contributed by atoms with van der Waals surface area (Å²) in [5, 5.41) is 0. The minimum absolute atomic E-state index is 0.0941. The van der Waals surface area contributed by atoms with Crippen molar-refractivity contribution in [3.05, 3.63) is 0 Å². The maximum Gasteiger partial charge on any atom is 0.218 e. The zero-order valence-electron chi connectivity index (χ0n) is 9.56. The molecular weight excluding hydrogens is 232 g/mol. The highest BCUT2D eigenvalue weighted by Gasteiger charge is 2.21. The Balaban J connectivity index is 4.56. The highest BCUT2D eigenvalue weighted by molar-refractivity contribution is 7.88. The zero-order valence-corrected chi connectivity index (χ0v) is 10.4. The van der Waals surface area contributed by atoms with E-state index in [2.05, 4.69) is 14.7 Å². The van der Waals surface area contributed by atoms with Gasteiger partial charge in [-0.2, -0.15) is 4.99 Å². The number of hydrogen-bond donors (Lipinski definition) is 4. The van der Waals surface area contributed by atoms with Gasteiger partial charge in [0.2, 0.25) is 16.0 Å². The van der Waals surface area contributed by atoms with Gasteiger partial charge >= 0.3 is 0 Å². The lowest BCUT2D eigenvalue weighted by molar-refractivity contribution is 0.466. The fourth-order valence-corrected chi connectivity index (χ4v) is 2.05. The number of hydrogen-bond acceptors (Lipinski definition) is 3. The number of aliphatic imine (C=N–C) groups is 2. The van der Waals surface area contributed by atoms with Gasteiger partial charge < -0.3 is 17.2 Å². The second kappa shape index (κ2) is 5.12. The Labute approximate surface area is 95.0 Å². The largest absolute Gasteiger partial charge is 0.370 e. The Hall–Kier alpha value is -1.35. The average molecular weight is 250 g/mol. The van der Waals surface area contributed by atoms with Gasteiger partial charge in [0.15, 0.2) is 5.96 Å². The maximum absolute atomic E-state index is 11.0. The molecule has 0 saturated carbocycles. The highest BCUT2D eigenvalue weighted by Crippen LogP contribution is 2.04. The van der Waals surface area contributed by atoms with E-state index in [0.29, 0.717) is 0 Å². The van der Waals surface area contributed by atoms with Crippen LogP contribution in [-0.2, 0) is 10.0 Å². The monoisotopic (exact) mass is 250 g/mol. The molecule has 0 rings (SSSR count). The Morgan fingerprint density at radius 1 is 1.31 bits per heavy atom. The first kappa shape index (κ1) is 14.6. The first-order valence-corrected chi connectivity index (χ1v) is 6.29. The number of guanidine groups is 2. The van der Waals surface area contributed by atoms with E-state index in [0.717, 1.165) is 6.26 Å². The molecule has 0 aliphatic rings. The summed E-state index contributed by atoms with van der Waals surface area (Å²) in [6.45, 7) is 3.46. The highest BCUT2D eigenvalue weighted by atomic mass is 32.2. The molecule has 0 saturated heterocycles. The van der Waals surface area contributed by atoms with Gasteiger partial charge in [0.1, 0.15) is 0 Å². The number of nitrogens with two attached hydrogens (primary N) is 3. The van der Waals surface area contributed by atoms with Crippen LogP contribution in [0.3, 0.4) is 0 Å². The lowest BCUT2D eigenvalue weighted by Gasteiger charge is -2.22. The molecule has 94 valence electrons. The Bertz CT molecular complexity index is 393. The van der Waals surface area contributed by atoms with E-state index in [1.807, 2.05) is 0 Å². The molecule has 16 heavy (non-hydrogen) atoms. The fraction of sp³-hybridized carbons (Fsp3) is 0.714. The van der Waals surface area contributed by atoms with E-state index >= 15 is 0 Å². The van der Waals surface area contributed by atoms with Gasteiger partial charge in [-0.05, 0) is 13.8 Å². The van der Waals surface area contributed by atoms with Crippen LogP contribution in [-0.4, -0.2) is 38.7 Å². The molecule has 0 heterocycles. The Morgan fingerprint density at radius 3 is 2.19 bits per heavy atom. The molecule has 9 heteroatoms. The van der Waals surface area contributed by atoms with Crippen LogP contribution in [0.25, 0.3) is 0 Å². The van der Waals surface area contributed by atoms with Crippen molar-refractivity contribution in [2.45, 2.75) is 19.4 Å². The van der Waals surface area contributed by atoms with Crippen LogP contribution in [0.4, 0.5) is 0 Å². The first-order chi connectivity index (χ1) is 7.02. The lowest BCUT2D eigenvalue weighted by atomic mass is 10.1. The van der Waals surface area contributed by atoms with Gasteiger partial charge in [-0.3, -0.25) is 0 Å².